The average molecular weight is 397 g/mol. The van der Waals surface area contributed by atoms with Crippen molar-refractivity contribution < 1.29 is 19.4 Å². The Morgan fingerprint density at radius 2 is 1.32 bits per heavy atom. The van der Waals surface area contributed by atoms with Crippen LogP contribution in [-0.2, 0) is 14.3 Å². The van der Waals surface area contributed by atoms with Gasteiger partial charge in [0.15, 0.2) is 0 Å². The molecule has 1 atom stereocenters. The molecule has 0 amide bonds. The molecule has 1 aliphatic carbocycles. The number of carboxylic acid groups (broad SMARTS) is 1. The van der Waals surface area contributed by atoms with Crippen molar-refractivity contribution in [2.24, 2.45) is 17.8 Å². The molecule has 0 heterocycles. The molecule has 0 bridgehead atoms. The number of unbranched alkanes of at least 4 members (excludes halogenated alkanes) is 6. The molecule has 4 nitrogen and oxygen atoms in total. The van der Waals surface area contributed by atoms with Crippen molar-refractivity contribution in [1.82, 2.24) is 0 Å². The van der Waals surface area contributed by atoms with E-state index in [1.54, 1.807) is 0 Å². The predicted octanol–water partition coefficient (Wildman–Crippen LogP) is 6.76. The molecule has 0 aromatic heterocycles. The molecule has 1 unspecified atom stereocenters. The highest BCUT2D eigenvalue weighted by Gasteiger charge is 2.31. The fourth-order valence-electron chi connectivity index (χ4n) is 4.18. The van der Waals surface area contributed by atoms with Crippen LogP contribution in [0.4, 0.5) is 0 Å². The van der Waals surface area contributed by atoms with Crippen LogP contribution in [0.5, 0.6) is 0 Å². The third kappa shape index (κ3) is 11.1. The first-order valence-corrected chi connectivity index (χ1v) is 11.9. The van der Waals surface area contributed by atoms with Crippen molar-refractivity contribution in [3.05, 3.63) is 0 Å². The van der Waals surface area contributed by atoms with Crippen LogP contribution in [0.3, 0.4) is 0 Å². The Kier molecular flexibility index (Phi) is 13.3. The molecular weight excluding hydrogens is 352 g/mol. The summed E-state index contributed by atoms with van der Waals surface area (Å²) in [6.45, 7) is 6.75. The molecule has 0 aromatic rings. The van der Waals surface area contributed by atoms with Crippen LogP contribution in [0.15, 0.2) is 0 Å². The van der Waals surface area contributed by atoms with E-state index in [1.807, 2.05) is 0 Å². The molecule has 1 aliphatic rings. The van der Waals surface area contributed by atoms with Gasteiger partial charge >= 0.3 is 11.9 Å². The fraction of sp³-hybridized carbons (Fsp3) is 0.917. The monoisotopic (exact) mass is 396 g/mol. The van der Waals surface area contributed by atoms with E-state index in [-0.39, 0.29) is 23.9 Å². The lowest BCUT2D eigenvalue weighted by atomic mass is 9.82. The lowest BCUT2D eigenvalue weighted by Crippen LogP contribution is -2.29. The number of ether oxygens (including phenoxy) is 1. The third-order valence-corrected chi connectivity index (χ3v) is 6.13. The standard InChI is InChI=1S/C24H44O4/c1-4-5-6-7-10-13-22(14-11-8-9-12-19(2)3)28-24(27)21-17-15-20(16-18-21)23(25)26/h19-22H,4-18H2,1-3H3,(H,25,26). The summed E-state index contributed by atoms with van der Waals surface area (Å²) in [5, 5.41) is 9.13. The number of carboxylic acids is 1. The Labute approximate surface area is 172 Å². The molecule has 1 fully saturated rings. The van der Waals surface area contributed by atoms with Gasteiger partial charge < -0.3 is 9.84 Å². The molecule has 4 heteroatoms. The van der Waals surface area contributed by atoms with Gasteiger partial charge in [-0.15, -0.1) is 0 Å². The van der Waals surface area contributed by atoms with E-state index in [4.69, 9.17) is 9.84 Å². The van der Waals surface area contributed by atoms with E-state index < -0.39 is 5.97 Å². The van der Waals surface area contributed by atoms with Gasteiger partial charge in [-0.2, -0.15) is 0 Å². The van der Waals surface area contributed by atoms with Crippen LogP contribution >= 0.6 is 0 Å². The van der Waals surface area contributed by atoms with Crippen molar-refractivity contribution in [3.63, 3.8) is 0 Å². The minimum atomic E-state index is -0.724. The van der Waals surface area contributed by atoms with Crippen molar-refractivity contribution in [3.8, 4) is 0 Å². The first-order valence-electron chi connectivity index (χ1n) is 11.9. The zero-order chi connectivity index (χ0) is 20.8. The highest BCUT2D eigenvalue weighted by atomic mass is 16.5. The Balaban J connectivity index is 2.39. The smallest absolute Gasteiger partial charge is 0.309 e. The van der Waals surface area contributed by atoms with Gasteiger partial charge in [0.25, 0.3) is 0 Å². The number of hydrogen-bond donors (Lipinski definition) is 1. The van der Waals surface area contributed by atoms with Crippen LogP contribution < -0.4 is 0 Å². The van der Waals surface area contributed by atoms with Crippen LogP contribution in [0.25, 0.3) is 0 Å². The molecule has 28 heavy (non-hydrogen) atoms. The zero-order valence-electron chi connectivity index (χ0n) is 18.6. The molecule has 1 rings (SSSR count). The van der Waals surface area contributed by atoms with E-state index in [0.29, 0.717) is 25.7 Å². The second kappa shape index (κ2) is 14.9. The average Bonchev–Trinajstić information content (AvgIpc) is 2.67. The second-order valence-electron chi connectivity index (χ2n) is 9.18. The summed E-state index contributed by atoms with van der Waals surface area (Å²) in [5.41, 5.74) is 0. The van der Waals surface area contributed by atoms with Gasteiger partial charge in [0.1, 0.15) is 6.10 Å². The minimum Gasteiger partial charge on any atom is -0.481 e. The molecular formula is C24H44O4. The van der Waals surface area contributed by atoms with Gasteiger partial charge in [-0.1, -0.05) is 65.7 Å². The number of hydrogen-bond acceptors (Lipinski definition) is 3. The van der Waals surface area contributed by atoms with Crippen molar-refractivity contribution in [1.29, 1.82) is 0 Å². The number of rotatable bonds is 15. The number of esters is 1. The minimum absolute atomic E-state index is 0.0466. The first kappa shape index (κ1) is 25.0. The van der Waals surface area contributed by atoms with Crippen LogP contribution in [0, 0.1) is 17.8 Å². The Bertz CT molecular complexity index is 424. The first-order chi connectivity index (χ1) is 13.4. The summed E-state index contributed by atoms with van der Waals surface area (Å²) in [7, 11) is 0. The molecule has 0 radical (unpaired) electrons. The lowest BCUT2D eigenvalue weighted by molar-refractivity contribution is -0.158. The van der Waals surface area contributed by atoms with Crippen LogP contribution in [0.1, 0.15) is 117 Å². The zero-order valence-corrected chi connectivity index (χ0v) is 18.6. The SMILES string of the molecule is CCCCCCCC(CCCCCC(C)C)OC(=O)C1CCC(C(=O)O)CC1. The molecule has 1 N–H and O–H groups in total. The number of carbonyl (C=O) groups excluding carboxylic acids is 1. The summed E-state index contributed by atoms with van der Waals surface area (Å²) in [6.07, 6.45) is 15.6. The normalized spacial score (nSPS) is 20.9. The Morgan fingerprint density at radius 1 is 0.821 bits per heavy atom. The summed E-state index contributed by atoms with van der Waals surface area (Å²) < 4.78 is 5.93. The summed E-state index contributed by atoms with van der Waals surface area (Å²) in [6, 6.07) is 0. The van der Waals surface area contributed by atoms with Crippen LogP contribution in [0.2, 0.25) is 0 Å². The molecule has 0 spiro atoms. The van der Waals surface area contributed by atoms with Crippen molar-refractivity contribution >= 4 is 11.9 Å². The quantitative estimate of drug-likeness (QED) is 0.245. The van der Waals surface area contributed by atoms with Gasteiger partial charge in [0, 0.05) is 0 Å². The summed E-state index contributed by atoms with van der Waals surface area (Å²) in [4.78, 5) is 23.7. The third-order valence-electron chi connectivity index (χ3n) is 6.13. The largest absolute Gasteiger partial charge is 0.481 e. The van der Waals surface area contributed by atoms with Crippen LogP contribution in [-0.4, -0.2) is 23.1 Å². The van der Waals surface area contributed by atoms with Crippen molar-refractivity contribution in [2.75, 3.05) is 0 Å². The maximum Gasteiger partial charge on any atom is 0.309 e. The molecule has 164 valence electrons. The molecule has 1 saturated carbocycles. The lowest BCUT2D eigenvalue weighted by Gasteiger charge is -2.27. The highest BCUT2D eigenvalue weighted by molar-refractivity contribution is 5.74. The van der Waals surface area contributed by atoms with E-state index in [2.05, 4.69) is 20.8 Å². The second-order valence-corrected chi connectivity index (χ2v) is 9.18. The van der Waals surface area contributed by atoms with Gasteiger partial charge in [0.05, 0.1) is 11.8 Å². The van der Waals surface area contributed by atoms with E-state index in [1.165, 1.54) is 44.9 Å². The fourth-order valence-corrected chi connectivity index (χ4v) is 4.18. The van der Waals surface area contributed by atoms with Gasteiger partial charge in [-0.3, -0.25) is 9.59 Å². The summed E-state index contributed by atoms with van der Waals surface area (Å²) >= 11 is 0. The molecule has 0 aromatic carbocycles. The maximum absolute atomic E-state index is 12.6. The van der Waals surface area contributed by atoms with Gasteiger partial charge in [0.2, 0.25) is 0 Å². The summed E-state index contributed by atoms with van der Waals surface area (Å²) in [5.74, 6) is -0.422. The Morgan fingerprint density at radius 3 is 1.86 bits per heavy atom. The topological polar surface area (TPSA) is 63.6 Å². The Hall–Kier alpha value is -1.06. The van der Waals surface area contributed by atoms with Gasteiger partial charge in [-0.25, -0.2) is 0 Å². The van der Waals surface area contributed by atoms with E-state index in [9.17, 15) is 9.59 Å². The number of aliphatic carboxylic acids is 1. The van der Waals surface area contributed by atoms with E-state index in [0.717, 1.165) is 31.6 Å². The predicted molar refractivity (Wildman–Crippen MR) is 114 cm³/mol. The molecule has 0 saturated heterocycles. The molecule has 0 aliphatic heterocycles. The maximum atomic E-state index is 12.6. The highest BCUT2D eigenvalue weighted by Crippen LogP contribution is 2.30. The van der Waals surface area contributed by atoms with E-state index >= 15 is 0 Å². The van der Waals surface area contributed by atoms with Crippen molar-refractivity contribution in [2.45, 2.75) is 123 Å². The number of carbonyl (C=O) groups is 2. The van der Waals surface area contributed by atoms with Gasteiger partial charge in [-0.05, 0) is 57.3 Å².